The van der Waals surface area contributed by atoms with E-state index in [2.05, 4.69) is 15.3 Å². The maximum Gasteiger partial charge on any atom is 0.252 e. The second kappa shape index (κ2) is 6.12. The van der Waals surface area contributed by atoms with Gasteiger partial charge in [-0.25, -0.2) is 4.98 Å². The number of nitrogens with zero attached hydrogens (tertiary/aromatic N) is 2. The lowest BCUT2D eigenvalue weighted by molar-refractivity contribution is 0.0950. The largest absolute Gasteiger partial charge is 0.351 e. The lowest BCUT2D eigenvalue weighted by Crippen LogP contribution is -2.30. The number of amides is 1. The van der Waals surface area contributed by atoms with Gasteiger partial charge in [0.2, 0.25) is 0 Å². The molecule has 3 rings (SSSR count). The number of aryl methyl sites for hydroxylation is 2. The summed E-state index contributed by atoms with van der Waals surface area (Å²) in [5.41, 5.74) is 1.64. The average molecular weight is 322 g/mol. The first-order chi connectivity index (χ1) is 10.1. The monoisotopic (exact) mass is 321 g/mol. The highest BCUT2D eigenvalue weighted by Crippen LogP contribution is 2.34. The minimum Gasteiger partial charge on any atom is -0.351 e. The molecule has 1 atom stereocenters. The molecule has 1 aliphatic rings. The Morgan fingerprint density at radius 2 is 2.43 bits per heavy atom. The van der Waals surface area contributed by atoms with Crippen molar-refractivity contribution in [2.24, 2.45) is 0 Å². The van der Waals surface area contributed by atoms with Gasteiger partial charge in [0.15, 0.2) is 0 Å². The minimum absolute atomic E-state index is 0.151. The molecule has 110 valence electrons. The molecule has 2 aromatic rings. The highest BCUT2D eigenvalue weighted by Gasteiger charge is 2.24. The summed E-state index contributed by atoms with van der Waals surface area (Å²) in [5.74, 6) is 0.157. The number of halogens is 1. The van der Waals surface area contributed by atoms with Crippen molar-refractivity contribution < 1.29 is 4.79 Å². The van der Waals surface area contributed by atoms with Crippen molar-refractivity contribution in [3.63, 3.8) is 0 Å². The molecule has 0 saturated heterocycles. The van der Waals surface area contributed by atoms with E-state index in [4.69, 9.17) is 11.6 Å². The lowest BCUT2D eigenvalue weighted by atomic mass is 9.91. The maximum absolute atomic E-state index is 12.2. The zero-order chi connectivity index (χ0) is 14.8. The van der Waals surface area contributed by atoms with Gasteiger partial charge in [0.05, 0.1) is 21.3 Å². The molecule has 0 aliphatic heterocycles. The van der Waals surface area contributed by atoms with Gasteiger partial charge in [-0.15, -0.1) is 11.3 Å². The summed E-state index contributed by atoms with van der Waals surface area (Å²) in [6.45, 7) is 2.64. The zero-order valence-corrected chi connectivity index (χ0v) is 13.3. The predicted molar refractivity (Wildman–Crippen MR) is 84.1 cm³/mol. The minimum atomic E-state index is -0.151. The van der Waals surface area contributed by atoms with Crippen LogP contribution in [0.15, 0.2) is 18.5 Å². The Hall–Kier alpha value is -1.46. The van der Waals surface area contributed by atoms with Gasteiger partial charge in [-0.2, -0.15) is 0 Å². The fourth-order valence-corrected chi connectivity index (χ4v) is 3.97. The number of hydrogen-bond acceptors (Lipinski definition) is 4. The maximum atomic E-state index is 12.2. The van der Waals surface area contributed by atoms with Crippen LogP contribution in [0.1, 0.15) is 44.7 Å². The van der Waals surface area contributed by atoms with Crippen molar-refractivity contribution in [2.75, 3.05) is 6.54 Å². The summed E-state index contributed by atoms with van der Waals surface area (Å²) < 4.78 is 0. The van der Waals surface area contributed by atoms with Gasteiger partial charge >= 0.3 is 0 Å². The van der Waals surface area contributed by atoms with Crippen LogP contribution < -0.4 is 5.32 Å². The zero-order valence-electron chi connectivity index (χ0n) is 11.7. The van der Waals surface area contributed by atoms with Gasteiger partial charge < -0.3 is 5.32 Å². The molecule has 0 saturated carbocycles. The number of pyridine rings is 1. The first-order valence-electron chi connectivity index (χ1n) is 6.99. The smallest absolute Gasteiger partial charge is 0.252 e. The van der Waals surface area contributed by atoms with E-state index in [1.165, 1.54) is 16.8 Å². The summed E-state index contributed by atoms with van der Waals surface area (Å²) in [6, 6.07) is 1.64. The topological polar surface area (TPSA) is 54.9 Å². The summed E-state index contributed by atoms with van der Waals surface area (Å²) in [5, 5.41) is 4.46. The van der Waals surface area contributed by atoms with E-state index >= 15 is 0 Å². The molecule has 21 heavy (non-hydrogen) atoms. The summed E-state index contributed by atoms with van der Waals surface area (Å²) >= 11 is 7.76. The number of thiazole rings is 1. The van der Waals surface area contributed by atoms with Crippen molar-refractivity contribution in [1.82, 2.24) is 15.3 Å². The van der Waals surface area contributed by atoms with E-state index in [-0.39, 0.29) is 5.91 Å². The Kier molecular flexibility index (Phi) is 4.22. The number of carbonyl (C=O) groups excluding carboxylic acids is 1. The Morgan fingerprint density at radius 3 is 3.24 bits per heavy atom. The van der Waals surface area contributed by atoms with E-state index in [0.29, 0.717) is 23.0 Å². The van der Waals surface area contributed by atoms with Crippen LogP contribution in [0, 0.1) is 6.92 Å². The fraction of sp³-hybridized carbons (Fsp3) is 0.400. The van der Waals surface area contributed by atoms with Gasteiger partial charge in [0.25, 0.3) is 5.91 Å². The molecule has 0 radical (unpaired) electrons. The molecule has 1 amide bonds. The molecule has 0 bridgehead atoms. The van der Waals surface area contributed by atoms with Gasteiger partial charge in [-0.05, 0) is 32.3 Å². The third kappa shape index (κ3) is 3.09. The van der Waals surface area contributed by atoms with E-state index < -0.39 is 0 Å². The Labute approximate surface area is 132 Å². The molecule has 4 nitrogen and oxygen atoms in total. The van der Waals surface area contributed by atoms with Crippen LogP contribution in [0.25, 0.3) is 0 Å². The third-order valence-corrected chi connectivity index (χ3v) is 5.05. The normalized spacial score (nSPS) is 17.3. The van der Waals surface area contributed by atoms with Crippen molar-refractivity contribution in [2.45, 2.75) is 32.1 Å². The lowest BCUT2D eigenvalue weighted by Gasteiger charge is -2.21. The number of carbonyl (C=O) groups is 1. The number of fused-ring (bicyclic) bond motifs is 1. The Morgan fingerprint density at radius 1 is 1.57 bits per heavy atom. The van der Waals surface area contributed by atoms with Crippen LogP contribution in [-0.2, 0) is 6.42 Å². The molecule has 0 aromatic carbocycles. The molecule has 2 aromatic heterocycles. The van der Waals surface area contributed by atoms with Crippen LogP contribution in [-0.4, -0.2) is 22.4 Å². The second-order valence-corrected chi connectivity index (χ2v) is 6.89. The molecular formula is C15H16ClN3OS. The standard InChI is InChI=1S/C15H16ClN3OS/c1-9-19-14-10(3-2-4-13(14)21-9)7-18-15(20)11-5-6-17-8-12(11)16/h5-6,8,10H,2-4,7H2,1H3,(H,18,20)/t10-/m1/s1. The van der Waals surface area contributed by atoms with Gasteiger partial charge in [-0.1, -0.05) is 11.6 Å². The van der Waals surface area contributed by atoms with E-state index in [9.17, 15) is 4.79 Å². The van der Waals surface area contributed by atoms with E-state index in [1.807, 2.05) is 6.92 Å². The van der Waals surface area contributed by atoms with Crippen molar-refractivity contribution in [3.05, 3.63) is 44.6 Å². The predicted octanol–water partition coefficient (Wildman–Crippen LogP) is 3.35. The van der Waals surface area contributed by atoms with Crippen molar-refractivity contribution in [3.8, 4) is 0 Å². The number of hydrogen-bond donors (Lipinski definition) is 1. The van der Waals surface area contributed by atoms with Gasteiger partial charge in [0, 0.05) is 29.7 Å². The molecule has 2 heterocycles. The number of aromatic nitrogens is 2. The van der Waals surface area contributed by atoms with Crippen LogP contribution in [0.3, 0.4) is 0 Å². The molecule has 0 unspecified atom stereocenters. The highest BCUT2D eigenvalue weighted by atomic mass is 35.5. The average Bonchev–Trinajstić information content (AvgIpc) is 2.86. The number of nitrogens with one attached hydrogen (secondary N) is 1. The van der Waals surface area contributed by atoms with Gasteiger partial charge in [0.1, 0.15) is 0 Å². The van der Waals surface area contributed by atoms with Crippen molar-refractivity contribution >= 4 is 28.8 Å². The first-order valence-corrected chi connectivity index (χ1v) is 8.18. The Balaban J connectivity index is 1.69. The molecular weight excluding hydrogens is 306 g/mol. The molecule has 0 fully saturated rings. The fourth-order valence-electron chi connectivity index (χ4n) is 2.70. The summed E-state index contributed by atoms with van der Waals surface area (Å²) in [4.78, 5) is 22.1. The molecule has 1 N–H and O–H groups in total. The van der Waals surface area contributed by atoms with Crippen LogP contribution in [0.5, 0.6) is 0 Å². The van der Waals surface area contributed by atoms with Crippen LogP contribution in [0.2, 0.25) is 5.02 Å². The molecule has 6 heteroatoms. The number of rotatable bonds is 3. The van der Waals surface area contributed by atoms with Gasteiger partial charge in [-0.3, -0.25) is 9.78 Å². The Bertz CT molecular complexity index is 671. The highest BCUT2D eigenvalue weighted by molar-refractivity contribution is 7.11. The van der Waals surface area contributed by atoms with Crippen molar-refractivity contribution in [1.29, 1.82) is 0 Å². The van der Waals surface area contributed by atoms with Crippen LogP contribution in [0.4, 0.5) is 0 Å². The molecule has 1 aliphatic carbocycles. The quantitative estimate of drug-likeness (QED) is 0.943. The SMILES string of the molecule is Cc1nc2c(s1)CCC[C@@H]2CNC(=O)c1ccncc1Cl. The van der Waals surface area contributed by atoms with Crippen LogP contribution >= 0.6 is 22.9 Å². The third-order valence-electron chi connectivity index (χ3n) is 3.70. The second-order valence-electron chi connectivity index (χ2n) is 5.20. The summed E-state index contributed by atoms with van der Waals surface area (Å²) in [7, 11) is 0. The molecule has 0 spiro atoms. The summed E-state index contributed by atoms with van der Waals surface area (Å²) in [6.07, 6.45) is 6.40. The van der Waals surface area contributed by atoms with E-state index in [0.717, 1.165) is 24.3 Å². The first kappa shape index (κ1) is 14.5. The van der Waals surface area contributed by atoms with E-state index in [1.54, 1.807) is 23.6 Å².